The summed E-state index contributed by atoms with van der Waals surface area (Å²) in [6.45, 7) is 10.6. The van der Waals surface area contributed by atoms with Gasteiger partial charge in [0.05, 0.1) is 5.69 Å². The molecular formula is C14H20BrN3O. The maximum atomic E-state index is 11.1. The number of carbonyl (C=O) groups is 1. The Bertz CT molecular complexity index is 462. The molecule has 1 aromatic heterocycles. The molecule has 0 atom stereocenters. The summed E-state index contributed by atoms with van der Waals surface area (Å²) in [5.74, 6) is 0. The predicted octanol–water partition coefficient (Wildman–Crippen LogP) is 2.58. The molecule has 104 valence electrons. The van der Waals surface area contributed by atoms with Crippen LogP contribution in [0.2, 0.25) is 0 Å². The van der Waals surface area contributed by atoms with Gasteiger partial charge in [0.25, 0.3) is 0 Å². The molecule has 0 aliphatic carbocycles. The number of hydrogen-bond acceptors (Lipinski definition) is 4. The van der Waals surface area contributed by atoms with E-state index in [9.17, 15) is 4.79 Å². The highest BCUT2D eigenvalue weighted by Gasteiger charge is 2.26. The van der Waals surface area contributed by atoms with Crippen molar-refractivity contribution in [2.75, 3.05) is 31.1 Å². The van der Waals surface area contributed by atoms with Crippen molar-refractivity contribution < 1.29 is 4.79 Å². The Labute approximate surface area is 122 Å². The first-order valence-corrected chi connectivity index (χ1v) is 7.32. The molecule has 0 unspecified atom stereocenters. The Balaban J connectivity index is 2.13. The molecule has 1 aliphatic rings. The van der Waals surface area contributed by atoms with E-state index in [0.717, 1.165) is 42.6 Å². The van der Waals surface area contributed by atoms with Gasteiger partial charge < -0.3 is 4.90 Å². The highest BCUT2D eigenvalue weighted by Crippen LogP contribution is 2.25. The number of hydrogen-bond donors (Lipinski definition) is 0. The summed E-state index contributed by atoms with van der Waals surface area (Å²) < 4.78 is 0.909. The minimum atomic E-state index is 0.203. The number of rotatable bonds is 2. The molecule has 1 saturated heterocycles. The Kier molecular flexibility index (Phi) is 4.26. The molecule has 19 heavy (non-hydrogen) atoms. The fourth-order valence-electron chi connectivity index (χ4n) is 2.40. The molecule has 4 nitrogen and oxygen atoms in total. The van der Waals surface area contributed by atoms with Gasteiger partial charge in [0.1, 0.15) is 5.69 Å². The largest absolute Gasteiger partial charge is 0.367 e. The molecule has 0 N–H and O–H groups in total. The van der Waals surface area contributed by atoms with Gasteiger partial charge in [-0.2, -0.15) is 0 Å². The van der Waals surface area contributed by atoms with Gasteiger partial charge in [0.15, 0.2) is 6.29 Å². The van der Waals surface area contributed by atoms with E-state index >= 15 is 0 Å². The summed E-state index contributed by atoms with van der Waals surface area (Å²) in [6, 6.07) is 1.98. The van der Waals surface area contributed by atoms with Crippen molar-refractivity contribution in [3.63, 3.8) is 0 Å². The minimum Gasteiger partial charge on any atom is -0.367 e. The lowest BCUT2D eigenvalue weighted by molar-refractivity contribution is 0.111. The Hall–Kier alpha value is -0.940. The number of carbonyl (C=O) groups excluding carboxylic acids is 1. The third kappa shape index (κ3) is 3.34. The van der Waals surface area contributed by atoms with Crippen LogP contribution in [0.25, 0.3) is 0 Å². The van der Waals surface area contributed by atoms with Crippen molar-refractivity contribution in [2.45, 2.75) is 26.3 Å². The summed E-state index contributed by atoms with van der Waals surface area (Å²) in [5.41, 5.74) is 1.65. The predicted molar refractivity (Wildman–Crippen MR) is 80.9 cm³/mol. The van der Waals surface area contributed by atoms with Gasteiger partial charge in [-0.3, -0.25) is 14.7 Å². The summed E-state index contributed by atoms with van der Waals surface area (Å²) in [7, 11) is 0. The highest BCUT2D eigenvalue weighted by atomic mass is 79.9. The molecule has 0 bridgehead atoms. The Morgan fingerprint density at radius 2 is 1.89 bits per heavy atom. The second-order valence-corrected chi connectivity index (χ2v) is 6.74. The average molecular weight is 326 g/mol. The lowest BCUT2D eigenvalue weighted by Gasteiger charge is -2.43. The zero-order chi connectivity index (χ0) is 14.0. The molecule has 0 amide bonds. The third-order valence-corrected chi connectivity index (χ3v) is 3.98. The Morgan fingerprint density at radius 3 is 2.42 bits per heavy atom. The maximum Gasteiger partial charge on any atom is 0.170 e. The highest BCUT2D eigenvalue weighted by molar-refractivity contribution is 9.10. The van der Waals surface area contributed by atoms with Crippen molar-refractivity contribution in [2.24, 2.45) is 0 Å². The number of piperazine rings is 1. The van der Waals surface area contributed by atoms with Crippen molar-refractivity contribution >= 4 is 27.9 Å². The van der Waals surface area contributed by atoms with E-state index in [0.29, 0.717) is 5.69 Å². The van der Waals surface area contributed by atoms with E-state index in [1.807, 2.05) is 6.07 Å². The van der Waals surface area contributed by atoms with E-state index in [-0.39, 0.29) is 5.54 Å². The number of halogens is 1. The van der Waals surface area contributed by atoms with Gasteiger partial charge in [0.2, 0.25) is 0 Å². The average Bonchev–Trinajstić information content (AvgIpc) is 2.38. The number of aldehydes is 1. The molecular weight excluding hydrogens is 306 g/mol. The van der Waals surface area contributed by atoms with Gasteiger partial charge in [-0.15, -0.1) is 0 Å². The summed E-state index contributed by atoms with van der Waals surface area (Å²) in [5, 5.41) is 0. The van der Waals surface area contributed by atoms with Crippen LogP contribution in [-0.4, -0.2) is 47.9 Å². The van der Waals surface area contributed by atoms with Crippen LogP contribution < -0.4 is 4.90 Å². The molecule has 0 radical (unpaired) electrons. The lowest BCUT2D eigenvalue weighted by atomic mass is 10.0. The number of anilines is 1. The number of nitrogens with zero attached hydrogens (tertiary/aromatic N) is 3. The van der Waals surface area contributed by atoms with Crippen molar-refractivity contribution in [1.29, 1.82) is 0 Å². The van der Waals surface area contributed by atoms with Gasteiger partial charge >= 0.3 is 0 Å². The van der Waals surface area contributed by atoms with Crippen LogP contribution in [0.15, 0.2) is 16.7 Å². The molecule has 2 rings (SSSR count). The van der Waals surface area contributed by atoms with Crippen molar-refractivity contribution in [3.05, 3.63) is 22.4 Å². The zero-order valence-electron chi connectivity index (χ0n) is 11.7. The van der Waals surface area contributed by atoms with E-state index in [2.05, 4.69) is 51.5 Å². The SMILES string of the molecule is CC(C)(C)N1CCN(c2cc(Br)cnc2C=O)CC1. The summed E-state index contributed by atoms with van der Waals surface area (Å²) in [6.07, 6.45) is 2.50. The first-order chi connectivity index (χ1) is 8.91. The number of aromatic nitrogens is 1. The molecule has 1 aromatic rings. The van der Waals surface area contributed by atoms with Gasteiger partial charge in [0, 0.05) is 42.4 Å². The van der Waals surface area contributed by atoms with E-state index in [1.165, 1.54) is 0 Å². The molecule has 2 heterocycles. The minimum absolute atomic E-state index is 0.203. The van der Waals surface area contributed by atoms with E-state index < -0.39 is 0 Å². The first-order valence-electron chi connectivity index (χ1n) is 6.52. The summed E-state index contributed by atoms with van der Waals surface area (Å²) in [4.78, 5) is 20.0. The van der Waals surface area contributed by atoms with Crippen LogP contribution in [0.5, 0.6) is 0 Å². The first kappa shape index (κ1) is 14.5. The molecule has 1 fully saturated rings. The lowest BCUT2D eigenvalue weighted by Crippen LogP contribution is -2.53. The van der Waals surface area contributed by atoms with Crippen LogP contribution in [0, 0.1) is 0 Å². The van der Waals surface area contributed by atoms with Crippen molar-refractivity contribution in [3.8, 4) is 0 Å². The van der Waals surface area contributed by atoms with Crippen LogP contribution in [0.4, 0.5) is 5.69 Å². The molecule has 0 spiro atoms. The maximum absolute atomic E-state index is 11.1. The molecule has 1 aliphatic heterocycles. The number of pyridine rings is 1. The third-order valence-electron chi connectivity index (χ3n) is 3.54. The van der Waals surface area contributed by atoms with E-state index in [4.69, 9.17) is 0 Å². The van der Waals surface area contributed by atoms with Crippen molar-refractivity contribution in [1.82, 2.24) is 9.88 Å². The standard InChI is InChI=1S/C14H20BrN3O/c1-14(2,3)18-6-4-17(5-7-18)13-8-11(15)9-16-12(13)10-19/h8-10H,4-7H2,1-3H3. The molecule has 0 saturated carbocycles. The van der Waals surface area contributed by atoms with Crippen LogP contribution in [-0.2, 0) is 0 Å². The zero-order valence-corrected chi connectivity index (χ0v) is 13.3. The topological polar surface area (TPSA) is 36.4 Å². The van der Waals surface area contributed by atoms with Crippen LogP contribution >= 0.6 is 15.9 Å². The van der Waals surface area contributed by atoms with Gasteiger partial charge in [-0.25, -0.2) is 0 Å². The smallest absolute Gasteiger partial charge is 0.170 e. The second kappa shape index (κ2) is 5.59. The second-order valence-electron chi connectivity index (χ2n) is 5.82. The summed E-state index contributed by atoms with van der Waals surface area (Å²) >= 11 is 3.42. The quantitative estimate of drug-likeness (QED) is 0.783. The fraction of sp³-hybridized carbons (Fsp3) is 0.571. The van der Waals surface area contributed by atoms with Crippen LogP contribution in [0.3, 0.4) is 0 Å². The van der Waals surface area contributed by atoms with Gasteiger partial charge in [-0.05, 0) is 42.8 Å². The molecule has 0 aromatic carbocycles. The van der Waals surface area contributed by atoms with Crippen LogP contribution in [0.1, 0.15) is 31.3 Å². The van der Waals surface area contributed by atoms with Gasteiger partial charge in [-0.1, -0.05) is 0 Å². The fourth-order valence-corrected chi connectivity index (χ4v) is 2.72. The van der Waals surface area contributed by atoms with E-state index in [1.54, 1.807) is 6.20 Å². The Morgan fingerprint density at radius 1 is 1.26 bits per heavy atom. The normalized spacial score (nSPS) is 17.6. The molecule has 5 heteroatoms. The monoisotopic (exact) mass is 325 g/mol.